The van der Waals surface area contributed by atoms with Crippen LogP contribution in [0.1, 0.15) is 75.8 Å². The molecular formula is C40H60N22O6. The first-order chi connectivity index (χ1) is 32.9. The zero-order valence-corrected chi connectivity index (χ0v) is 39.0. The Hall–Kier alpha value is -5.88. The first kappa shape index (κ1) is 45.9. The van der Waals surface area contributed by atoms with E-state index in [9.17, 15) is 20.4 Å². The quantitative estimate of drug-likeness (QED) is 0.0570. The zero-order valence-electron chi connectivity index (χ0n) is 39.0. The van der Waals surface area contributed by atoms with Gasteiger partial charge in [-0.05, 0) is 78.1 Å². The molecule has 4 aliphatic heterocycles. The van der Waals surface area contributed by atoms with Crippen LogP contribution in [0.4, 0.5) is 23.5 Å². The van der Waals surface area contributed by atoms with Crippen molar-refractivity contribution in [3.63, 3.8) is 0 Å². The molecule has 366 valence electrons. The number of imidazole rings is 2. The molecule has 6 N–H and O–H groups in total. The van der Waals surface area contributed by atoms with E-state index in [1.165, 1.54) is 9.59 Å². The van der Waals surface area contributed by atoms with Crippen LogP contribution in [-0.4, -0.2) is 214 Å². The number of aliphatic hydroxyl groups excluding tert-OH is 4. The first-order valence-corrected chi connectivity index (χ1v) is 23.3. The van der Waals surface area contributed by atoms with Crippen LogP contribution in [0.5, 0.6) is 0 Å². The molecule has 28 nitrogen and oxygen atoms in total. The maximum absolute atomic E-state index is 11.3. The molecule has 4 aliphatic rings. The van der Waals surface area contributed by atoms with Gasteiger partial charge in [0.2, 0.25) is 23.5 Å². The predicted octanol–water partition coefficient (Wildman–Crippen LogP) is -1.45. The van der Waals surface area contributed by atoms with Gasteiger partial charge in [0.1, 0.15) is 24.4 Å². The lowest BCUT2D eigenvalue weighted by Crippen LogP contribution is -2.32. The van der Waals surface area contributed by atoms with Gasteiger partial charge in [0.05, 0.1) is 25.7 Å². The summed E-state index contributed by atoms with van der Waals surface area (Å²) in [4.78, 5) is 40.7. The van der Waals surface area contributed by atoms with Crippen molar-refractivity contribution >= 4 is 45.9 Å². The number of likely N-dealkylation sites (N-methyl/N-ethyl adjacent to an activating group) is 2. The molecule has 0 unspecified atom stereocenters. The lowest BCUT2D eigenvalue weighted by Gasteiger charge is -2.22. The normalized spacial score (nSPS) is 27.6. The molecule has 4 saturated heterocycles. The lowest BCUT2D eigenvalue weighted by molar-refractivity contribution is -0.0384. The number of aryl methyl sites for hydroxylation is 2. The summed E-state index contributed by atoms with van der Waals surface area (Å²) in [5, 5.41) is 76.5. The number of fused-ring (bicyclic) bond motifs is 2. The van der Waals surface area contributed by atoms with Gasteiger partial charge in [0.15, 0.2) is 58.6 Å². The van der Waals surface area contributed by atoms with Crippen molar-refractivity contribution in [1.29, 1.82) is 0 Å². The van der Waals surface area contributed by atoms with Gasteiger partial charge >= 0.3 is 0 Å². The molecule has 0 bridgehead atoms. The molecule has 4 fully saturated rings. The second kappa shape index (κ2) is 18.9. The van der Waals surface area contributed by atoms with Crippen LogP contribution in [0.25, 0.3) is 22.3 Å². The number of ether oxygens (including phenoxy) is 2. The third kappa shape index (κ3) is 8.51. The molecule has 10 atom stereocenters. The van der Waals surface area contributed by atoms with E-state index in [1.54, 1.807) is 21.8 Å². The monoisotopic (exact) mass is 945 g/mol. The summed E-state index contributed by atoms with van der Waals surface area (Å²) < 4.78 is 15.7. The van der Waals surface area contributed by atoms with Crippen molar-refractivity contribution in [2.45, 2.75) is 114 Å². The number of aliphatic hydroxyl groups is 4. The Morgan fingerprint density at radius 2 is 1.04 bits per heavy atom. The highest BCUT2D eigenvalue weighted by atomic mass is 16.6. The third-order valence-electron chi connectivity index (χ3n) is 13.4. The van der Waals surface area contributed by atoms with Crippen molar-refractivity contribution in [1.82, 2.24) is 89.3 Å². The Morgan fingerprint density at radius 3 is 1.41 bits per heavy atom. The fraction of sp³-hybridized carbons (Fsp3) is 0.700. The van der Waals surface area contributed by atoms with Gasteiger partial charge in [0, 0.05) is 51.4 Å². The number of nitrogens with one attached hydrogen (secondary N) is 2. The van der Waals surface area contributed by atoms with Crippen LogP contribution in [0.2, 0.25) is 0 Å². The van der Waals surface area contributed by atoms with Gasteiger partial charge in [-0.25, -0.2) is 9.97 Å². The summed E-state index contributed by atoms with van der Waals surface area (Å²) >= 11 is 0. The van der Waals surface area contributed by atoms with E-state index in [4.69, 9.17) is 29.4 Å². The largest absolute Gasteiger partial charge is 0.387 e. The van der Waals surface area contributed by atoms with E-state index in [1.807, 2.05) is 13.8 Å². The smallest absolute Gasteiger partial charge is 0.229 e. The number of anilines is 4. The van der Waals surface area contributed by atoms with Gasteiger partial charge in [-0.15, -0.1) is 20.4 Å². The van der Waals surface area contributed by atoms with Crippen molar-refractivity contribution in [2.75, 3.05) is 87.9 Å². The Morgan fingerprint density at radius 1 is 0.618 bits per heavy atom. The third-order valence-corrected chi connectivity index (χ3v) is 13.4. The number of rotatable bonds is 17. The minimum absolute atomic E-state index is 0.175. The standard InChI is InChI=1S/C40H60N22O6/c1-7-61-51-33(49-53-61)29-25(63)27(65)37(67-29)59-19-43-23-31(45-39(47-35(23)59)57-15-11-21(17-57)55(3)4)41-13-9-10-14-42-32-24-36(48-40(46-32)58-16-12-22(18-58)56(5)6)60(20-44-24)38-28(66)26(64)30(68-38)34-50-54-62(8-2)52-34/h19-22,25-30,37-38,63-66H,7-18H2,1-6H3,(H,41,45,47)(H,42,46,48)/t21-,22-,25+,26+,27-,28-,29+,30+,37-,38-/m1/s1. The molecule has 0 saturated carbocycles. The number of nitrogens with zero attached hydrogens (tertiary/aromatic N) is 20. The van der Waals surface area contributed by atoms with Gasteiger partial charge in [-0.3, -0.25) is 9.13 Å². The topological polar surface area (TPSA) is 311 Å². The van der Waals surface area contributed by atoms with Gasteiger partial charge < -0.3 is 60.1 Å². The number of aromatic nitrogens is 16. The zero-order chi connectivity index (χ0) is 47.4. The van der Waals surface area contributed by atoms with E-state index in [0.717, 1.165) is 51.9 Å². The fourth-order valence-corrected chi connectivity index (χ4v) is 9.28. The summed E-state index contributed by atoms with van der Waals surface area (Å²) in [5.41, 5.74) is 1.85. The summed E-state index contributed by atoms with van der Waals surface area (Å²) in [6.07, 6.45) is -2.93. The number of tetrazole rings is 2. The van der Waals surface area contributed by atoms with Gasteiger partial charge in [-0.2, -0.15) is 29.5 Å². The molecule has 10 heterocycles. The minimum Gasteiger partial charge on any atom is -0.387 e. The van der Waals surface area contributed by atoms with E-state index in [2.05, 4.69) is 99.2 Å². The summed E-state index contributed by atoms with van der Waals surface area (Å²) in [7, 11) is 8.26. The maximum Gasteiger partial charge on any atom is 0.229 e. The van der Waals surface area contributed by atoms with Crippen LogP contribution in [-0.2, 0) is 22.6 Å². The second-order valence-electron chi connectivity index (χ2n) is 18.2. The SMILES string of the molecule is CCn1nnc([C@H]2O[C@@H](n3cnc4c(NCCCCNc5nc(N6CC[C@@H](N(C)C)C6)nc6c5ncn6[C@@H]5O[C@H](c6nnn(CC)n6)[C@@H](O)[C@H]5O)nc(N5CC[C@@H](N(C)C)C5)nc43)[C@H](O)[C@@H]2O)n1. The van der Waals surface area contributed by atoms with Crippen LogP contribution in [0.15, 0.2) is 12.7 Å². The first-order valence-electron chi connectivity index (χ1n) is 23.3. The molecule has 6 aromatic rings. The summed E-state index contributed by atoms with van der Waals surface area (Å²) in [6.45, 7) is 8.81. The number of hydrogen-bond acceptors (Lipinski definition) is 24. The van der Waals surface area contributed by atoms with Crippen molar-refractivity contribution < 1.29 is 29.9 Å². The molecule has 0 spiro atoms. The molecule has 28 heteroatoms. The van der Waals surface area contributed by atoms with E-state index in [-0.39, 0.29) is 11.6 Å². The molecule has 68 heavy (non-hydrogen) atoms. The molecule has 0 aliphatic carbocycles. The fourth-order valence-electron chi connectivity index (χ4n) is 9.28. The lowest BCUT2D eigenvalue weighted by atomic mass is 10.1. The summed E-state index contributed by atoms with van der Waals surface area (Å²) in [6, 6.07) is 0.656. The molecule has 0 radical (unpaired) electrons. The molecule has 0 amide bonds. The van der Waals surface area contributed by atoms with Crippen molar-refractivity contribution in [3.8, 4) is 0 Å². The molecule has 10 rings (SSSR count). The van der Waals surface area contributed by atoms with Crippen LogP contribution >= 0.6 is 0 Å². The highest BCUT2D eigenvalue weighted by molar-refractivity contribution is 5.85. The molecular weight excluding hydrogens is 885 g/mol. The average molecular weight is 945 g/mol. The van der Waals surface area contributed by atoms with E-state index in [0.29, 0.717) is 84.1 Å². The van der Waals surface area contributed by atoms with Crippen LogP contribution in [0.3, 0.4) is 0 Å². The average Bonchev–Trinajstić information content (AvgIpc) is 4.19. The van der Waals surface area contributed by atoms with E-state index >= 15 is 0 Å². The molecule has 0 aromatic carbocycles. The Kier molecular flexibility index (Phi) is 12.8. The predicted molar refractivity (Wildman–Crippen MR) is 242 cm³/mol. The highest BCUT2D eigenvalue weighted by Gasteiger charge is 2.49. The number of unbranched alkanes of at least 4 members (excludes halogenated alkanes) is 1. The van der Waals surface area contributed by atoms with Crippen molar-refractivity contribution in [3.05, 3.63) is 24.3 Å². The maximum atomic E-state index is 11.3. The van der Waals surface area contributed by atoms with Gasteiger partial charge in [-0.1, -0.05) is 0 Å². The van der Waals surface area contributed by atoms with Crippen LogP contribution in [0, 0.1) is 0 Å². The van der Waals surface area contributed by atoms with Crippen molar-refractivity contribution in [2.24, 2.45) is 0 Å². The Labute approximate surface area is 390 Å². The van der Waals surface area contributed by atoms with E-state index < -0.39 is 49.1 Å². The second-order valence-corrected chi connectivity index (χ2v) is 18.2. The highest BCUT2D eigenvalue weighted by Crippen LogP contribution is 2.41. The van der Waals surface area contributed by atoms with Gasteiger partial charge in [0.25, 0.3) is 0 Å². The Balaban J connectivity index is 0.859. The Bertz CT molecular complexity index is 2510. The minimum atomic E-state index is -1.33. The molecule has 6 aromatic heterocycles. The number of hydrogen-bond donors (Lipinski definition) is 6. The van der Waals surface area contributed by atoms with Crippen LogP contribution < -0.4 is 20.4 Å². The summed E-state index contributed by atoms with van der Waals surface area (Å²) in [5.74, 6) is 2.45.